The van der Waals surface area contributed by atoms with Crippen LogP contribution in [-0.2, 0) is 4.74 Å². The number of ether oxygens (including phenoxy) is 1. The predicted molar refractivity (Wildman–Crippen MR) is 76.6 cm³/mol. The summed E-state index contributed by atoms with van der Waals surface area (Å²) < 4.78 is 5.62. The smallest absolute Gasteiger partial charge is 0.0466 e. The molecule has 0 aliphatic heterocycles. The standard InChI is InChI=1S/C15H33NO/c1-4-5-6-7-8-9-11-14-17-15-12-10-13-16(2)3/h4-15H2,1-3H3. The summed E-state index contributed by atoms with van der Waals surface area (Å²) in [6, 6.07) is 0. The number of hydrogen-bond donors (Lipinski definition) is 0. The lowest BCUT2D eigenvalue weighted by Gasteiger charge is -2.09. The van der Waals surface area contributed by atoms with Gasteiger partial charge in [0.15, 0.2) is 0 Å². The monoisotopic (exact) mass is 243 g/mol. The van der Waals surface area contributed by atoms with Crippen molar-refractivity contribution in [3.63, 3.8) is 0 Å². The fourth-order valence-electron chi connectivity index (χ4n) is 1.90. The van der Waals surface area contributed by atoms with Crippen LogP contribution in [0.25, 0.3) is 0 Å². The molecule has 0 aliphatic rings. The van der Waals surface area contributed by atoms with Gasteiger partial charge in [0.2, 0.25) is 0 Å². The molecule has 2 heteroatoms. The maximum atomic E-state index is 5.62. The van der Waals surface area contributed by atoms with Crippen LogP contribution in [0.3, 0.4) is 0 Å². The second kappa shape index (κ2) is 14.0. The highest BCUT2D eigenvalue weighted by molar-refractivity contribution is 4.46. The highest BCUT2D eigenvalue weighted by atomic mass is 16.5. The first-order valence-corrected chi connectivity index (χ1v) is 7.50. The van der Waals surface area contributed by atoms with Crippen LogP contribution >= 0.6 is 0 Å². The Morgan fingerprint density at radius 1 is 0.706 bits per heavy atom. The van der Waals surface area contributed by atoms with Crippen LogP contribution in [0.2, 0.25) is 0 Å². The Kier molecular flexibility index (Phi) is 13.9. The normalized spacial score (nSPS) is 11.3. The van der Waals surface area contributed by atoms with Crippen molar-refractivity contribution < 1.29 is 4.74 Å². The van der Waals surface area contributed by atoms with Gasteiger partial charge in [0, 0.05) is 13.2 Å². The second-order valence-electron chi connectivity index (χ2n) is 5.24. The number of hydrogen-bond acceptors (Lipinski definition) is 2. The molecule has 0 aromatic carbocycles. The van der Waals surface area contributed by atoms with E-state index in [1.54, 1.807) is 0 Å². The van der Waals surface area contributed by atoms with E-state index in [2.05, 4.69) is 25.9 Å². The van der Waals surface area contributed by atoms with Crippen molar-refractivity contribution in [1.82, 2.24) is 4.90 Å². The third kappa shape index (κ3) is 15.9. The lowest BCUT2D eigenvalue weighted by molar-refractivity contribution is 0.124. The highest BCUT2D eigenvalue weighted by Gasteiger charge is 1.93. The van der Waals surface area contributed by atoms with Crippen molar-refractivity contribution >= 4 is 0 Å². The van der Waals surface area contributed by atoms with Gasteiger partial charge in [0.05, 0.1) is 0 Å². The molecule has 0 rings (SSSR count). The van der Waals surface area contributed by atoms with E-state index in [4.69, 9.17) is 4.74 Å². The molecule has 0 saturated heterocycles. The molecule has 0 amide bonds. The molecule has 0 unspecified atom stereocenters. The summed E-state index contributed by atoms with van der Waals surface area (Å²) >= 11 is 0. The Morgan fingerprint density at radius 2 is 1.24 bits per heavy atom. The molecule has 17 heavy (non-hydrogen) atoms. The van der Waals surface area contributed by atoms with Gasteiger partial charge in [-0.25, -0.2) is 0 Å². The van der Waals surface area contributed by atoms with E-state index >= 15 is 0 Å². The maximum absolute atomic E-state index is 5.62. The van der Waals surface area contributed by atoms with Crippen molar-refractivity contribution in [2.45, 2.75) is 64.7 Å². The van der Waals surface area contributed by atoms with E-state index in [0.717, 1.165) is 13.2 Å². The quantitative estimate of drug-likeness (QED) is 0.452. The van der Waals surface area contributed by atoms with Gasteiger partial charge in [-0.05, 0) is 39.9 Å². The third-order valence-corrected chi connectivity index (χ3v) is 3.04. The fraction of sp³-hybridized carbons (Fsp3) is 1.00. The van der Waals surface area contributed by atoms with Gasteiger partial charge in [0.25, 0.3) is 0 Å². The minimum absolute atomic E-state index is 0.948. The summed E-state index contributed by atoms with van der Waals surface area (Å²) in [6.07, 6.45) is 12.0. The minimum atomic E-state index is 0.948. The molecule has 0 heterocycles. The third-order valence-electron chi connectivity index (χ3n) is 3.04. The molecule has 0 radical (unpaired) electrons. The Hall–Kier alpha value is -0.0800. The van der Waals surface area contributed by atoms with Crippen LogP contribution < -0.4 is 0 Å². The molecule has 0 N–H and O–H groups in total. The maximum Gasteiger partial charge on any atom is 0.0466 e. The molecular formula is C15H33NO. The van der Waals surface area contributed by atoms with Gasteiger partial charge in [-0.1, -0.05) is 45.4 Å². The van der Waals surface area contributed by atoms with Crippen LogP contribution in [0, 0.1) is 0 Å². The molecule has 0 saturated carbocycles. The van der Waals surface area contributed by atoms with Gasteiger partial charge in [-0.3, -0.25) is 0 Å². The van der Waals surface area contributed by atoms with E-state index in [1.807, 2.05) is 0 Å². The SMILES string of the molecule is CCCCCCCCCOCCCCN(C)C. The molecule has 0 bridgehead atoms. The molecule has 0 fully saturated rings. The second-order valence-corrected chi connectivity index (χ2v) is 5.24. The van der Waals surface area contributed by atoms with Gasteiger partial charge < -0.3 is 9.64 Å². The fourth-order valence-corrected chi connectivity index (χ4v) is 1.90. The van der Waals surface area contributed by atoms with Crippen LogP contribution in [0.15, 0.2) is 0 Å². The number of rotatable bonds is 13. The van der Waals surface area contributed by atoms with E-state index in [9.17, 15) is 0 Å². The topological polar surface area (TPSA) is 12.5 Å². The first kappa shape index (κ1) is 16.9. The summed E-state index contributed by atoms with van der Waals surface area (Å²) in [6.45, 7) is 5.37. The summed E-state index contributed by atoms with van der Waals surface area (Å²) in [7, 11) is 4.25. The Balaban J connectivity index is 2.89. The lowest BCUT2D eigenvalue weighted by Crippen LogP contribution is -2.13. The molecule has 2 nitrogen and oxygen atoms in total. The average Bonchev–Trinajstić information content (AvgIpc) is 2.30. The molecule has 0 spiro atoms. The van der Waals surface area contributed by atoms with Crippen LogP contribution in [0.1, 0.15) is 64.7 Å². The zero-order chi connectivity index (χ0) is 12.8. The minimum Gasteiger partial charge on any atom is -0.381 e. The zero-order valence-electron chi connectivity index (χ0n) is 12.3. The van der Waals surface area contributed by atoms with E-state index in [-0.39, 0.29) is 0 Å². The number of nitrogens with zero attached hydrogens (tertiary/aromatic N) is 1. The molecule has 0 aromatic rings. The van der Waals surface area contributed by atoms with Crippen LogP contribution in [0.4, 0.5) is 0 Å². The van der Waals surface area contributed by atoms with Crippen molar-refractivity contribution in [3.8, 4) is 0 Å². The Bertz CT molecular complexity index is 137. The molecule has 0 aromatic heterocycles. The largest absolute Gasteiger partial charge is 0.381 e. The summed E-state index contributed by atoms with van der Waals surface area (Å²) in [5, 5.41) is 0. The van der Waals surface area contributed by atoms with Crippen LogP contribution in [0.5, 0.6) is 0 Å². The molecule has 104 valence electrons. The van der Waals surface area contributed by atoms with Crippen molar-refractivity contribution in [1.29, 1.82) is 0 Å². The van der Waals surface area contributed by atoms with Crippen molar-refractivity contribution in [2.75, 3.05) is 33.9 Å². The predicted octanol–water partition coefficient (Wildman–Crippen LogP) is 4.10. The van der Waals surface area contributed by atoms with Crippen molar-refractivity contribution in [3.05, 3.63) is 0 Å². The summed E-state index contributed by atoms with van der Waals surface area (Å²) in [5.74, 6) is 0. The summed E-state index contributed by atoms with van der Waals surface area (Å²) in [4.78, 5) is 2.23. The van der Waals surface area contributed by atoms with Gasteiger partial charge in [-0.2, -0.15) is 0 Å². The molecule has 0 atom stereocenters. The van der Waals surface area contributed by atoms with E-state index < -0.39 is 0 Å². The first-order chi connectivity index (χ1) is 8.27. The summed E-state index contributed by atoms with van der Waals surface area (Å²) in [5.41, 5.74) is 0. The Labute approximate surface area is 109 Å². The van der Waals surface area contributed by atoms with Gasteiger partial charge in [-0.15, -0.1) is 0 Å². The lowest BCUT2D eigenvalue weighted by atomic mass is 10.1. The Morgan fingerprint density at radius 3 is 1.82 bits per heavy atom. The average molecular weight is 243 g/mol. The van der Waals surface area contributed by atoms with E-state index in [0.29, 0.717) is 0 Å². The van der Waals surface area contributed by atoms with E-state index in [1.165, 1.54) is 64.3 Å². The van der Waals surface area contributed by atoms with Gasteiger partial charge >= 0.3 is 0 Å². The van der Waals surface area contributed by atoms with Gasteiger partial charge in [0.1, 0.15) is 0 Å². The van der Waals surface area contributed by atoms with Crippen molar-refractivity contribution in [2.24, 2.45) is 0 Å². The molecule has 0 aliphatic carbocycles. The first-order valence-electron chi connectivity index (χ1n) is 7.50. The number of unbranched alkanes of at least 4 members (excludes halogenated alkanes) is 7. The molecular weight excluding hydrogens is 210 g/mol. The zero-order valence-corrected chi connectivity index (χ0v) is 12.3. The highest BCUT2D eigenvalue weighted by Crippen LogP contribution is 2.06. The van der Waals surface area contributed by atoms with Crippen LogP contribution in [-0.4, -0.2) is 38.8 Å².